The first-order valence-electron chi connectivity index (χ1n) is 5.90. The van der Waals surface area contributed by atoms with Crippen molar-refractivity contribution >= 4 is 5.69 Å². The summed E-state index contributed by atoms with van der Waals surface area (Å²) >= 11 is 0. The molecule has 1 aromatic heterocycles. The van der Waals surface area contributed by atoms with Crippen molar-refractivity contribution in [2.24, 2.45) is 0 Å². The molecule has 106 valence electrons. The fourth-order valence-electron chi connectivity index (χ4n) is 1.88. The summed E-state index contributed by atoms with van der Waals surface area (Å²) in [6.07, 6.45) is -3.65. The number of benzene rings is 1. The molecule has 0 radical (unpaired) electrons. The van der Waals surface area contributed by atoms with Gasteiger partial charge in [-0.2, -0.15) is 13.2 Å². The largest absolute Gasteiger partial charge is 0.417 e. The van der Waals surface area contributed by atoms with E-state index in [4.69, 9.17) is 5.73 Å². The van der Waals surface area contributed by atoms with E-state index in [0.29, 0.717) is 11.3 Å². The lowest BCUT2D eigenvalue weighted by Crippen LogP contribution is -2.22. The van der Waals surface area contributed by atoms with Crippen LogP contribution in [0.25, 0.3) is 0 Å². The second-order valence-electron chi connectivity index (χ2n) is 4.51. The fourth-order valence-corrected chi connectivity index (χ4v) is 1.88. The summed E-state index contributed by atoms with van der Waals surface area (Å²) in [5.41, 5.74) is 6.43. The van der Waals surface area contributed by atoms with Crippen LogP contribution in [0.1, 0.15) is 16.7 Å². The Hall–Kier alpha value is -2.24. The van der Waals surface area contributed by atoms with E-state index in [1.165, 1.54) is 0 Å². The molecule has 0 amide bonds. The van der Waals surface area contributed by atoms with E-state index < -0.39 is 17.3 Å². The van der Waals surface area contributed by atoms with E-state index in [0.717, 1.165) is 28.5 Å². The average molecular weight is 282 g/mol. The lowest BCUT2D eigenvalue weighted by molar-refractivity contribution is -0.138. The van der Waals surface area contributed by atoms with Gasteiger partial charge in [-0.15, -0.1) is 0 Å². The minimum Gasteiger partial charge on any atom is -0.399 e. The Morgan fingerprint density at radius 1 is 1.20 bits per heavy atom. The Morgan fingerprint density at radius 2 is 1.90 bits per heavy atom. The third kappa shape index (κ3) is 2.84. The SMILES string of the molecule is Cc1c(N)cccc1Cn1cc(C(F)(F)F)ccc1=O. The summed E-state index contributed by atoms with van der Waals surface area (Å²) in [6.45, 7) is 1.82. The van der Waals surface area contributed by atoms with Crippen LogP contribution in [0.4, 0.5) is 18.9 Å². The van der Waals surface area contributed by atoms with Crippen LogP contribution < -0.4 is 11.3 Å². The van der Waals surface area contributed by atoms with Crippen molar-refractivity contribution in [1.29, 1.82) is 0 Å². The normalized spacial score (nSPS) is 11.6. The number of hydrogen-bond acceptors (Lipinski definition) is 2. The quantitative estimate of drug-likeness (QED) is 0.861. The summed E-state index contributed by atoms with van der Waals surface area (Å²) in [4.78, 5) is 11.7. The number of halogens is 3. The molecule has 20 heavy (non-hydrogen) atoms. The number of alkyl halides is 3. The molecule has 0 aliphatic heterocycles. The zero-order valence-electron chi connectivity index (χ0n) is 10.7. The van der Waals surface area contributed by atoms with E-state index in [1.807, 2.05) is 0 Å². The number of nitrogens with two attached hydrogens (primary N) is 1. The van der Waals surface area contributed by atoms with Crippen LogP contribution in [0.15, 0.2) is 41.3 Å². The molecule has 0 aliphatic rings. The lowest BCUT2D eigenvalue weighted by Gasteiger charge is -2.13. The summed E-state index contributed by atoms with van der Waals surface area (Å²) in [5.74, 6) is 0. The minimum absolute atomic E-state index is 0.0552. The maximum absolute atomic E-state index is 12.6. The van der Waals surface area contributed by atoms with Crippen LogP contribution in [-0.2, 0) is 12.7 Å². The van der Waals surface area contributed by atoms with Gasteiger partial charge in [0.2, 0.25) is 0 Å². The molecule has 3 nitrogen and oxygen atoms in total. The van der Waals surface area contributed by atoms with Gasteiger partial charge in [0.25, 0.3) is 5.56 Å². The van der Waals surface area contributed by atoms with Gasteiger partial charge in [-0.1, -0.05) is 12.1 Å². The van der Waals surface area contributed by atoms with E-state index in [-0.39, 0.29) is 6.54 Å². The first-order chi connectivity index (χ1) is 9.29. The van der Waals surface area contributed by atoms with Gasteiger partial charge in [0, 0.05) is 18.0 Å². The predicted octanol–water partition coefficient (Wildman–Crippen LogP) is 2.81. The van der Waals surface area contributed by atoms with E-state index >= 15 is 0 Å². The molecular weight excluding hydrogens is 269 g/mol. The van der Waals surface area contributed by atoms with Gasteiger partial charge in [0.05, 0.1) is 12.1 Å². The number of hydrogen-bond donors (Lipinski definition) is 1. The molecule has 1 heterocycles. The molecule has 0 fully saturated rings. The molecule has 0 saturated carbocycles. The predicted molar refractivity (Wildman–Crippen MR) is 70.4 cm³/mol. The van der Waals surface area contributed by atoms with Gasteiger partial charge >= 0.3 is 6.18 Å². The second kappa shape index (κ2) is 5.03. The summed E-state index contributed by atoms with van der Waals surface area (Å²) in [5, 5.41) is 0. The maximum atomic E-state index is 12.6. The average Bonchev–Trinajstić information content (AvgIpc) is 2.36. The molecule has 2 aromatic rings. The molecule has 0 bridgehead atoms. The van der Waals surface area contributed by atoms with E-state index in [2.05, 4.69) is 0 Å². The number of aromatic nitrogens is 1. The number of nitrogens with zero attached hydrogens (tertiary/aromatic N) is 1. The Labute approximate surface area is 113 Å². The number of anilines is 1. The fraction of sp³-hybridized carbons (Fsp3) is 0.214. The number of rotatable bonds is 2. The molecule has 2 N–H and O–H groups in total. The van der Waals surface area contributed by atoms with Crippen molar-refractivity contribution in [3.63, 3.8) is 0 Å². The number of pyridine rings is 1. The molecule has 2 rings (SSSR count). The Kier molecular flexibility index (Phi) is 3.57. The molecule has 0 aliphatic carbocycles. The van der Waals surface area contributed by atoms with Crippen LogP contribution in [0.2, 0.25) is 0 Å². The van der Waals surface area contributed by atoms with Crippen molar-refractivity contribution in [3.8, 4) is 0 Å². The van der Waals surface area contributed by atoms with Crippen molar-refractivity contribution in [2.75, 3.05) is 5.73 Å². The standard InChI is InChI=1S/C14H13F3N2O/c1-9-10(3-2-4-12(9)18)7-19-8-11(14(15,16)17)5-6-13(19)20/h2-6,8H,7,18H2,1H3. The smallest absolute Gasteiger partial charge is 0.399 e. The second-order valence-corrected chi connectivity index (χ2v) is 4.51. The third-order valence-electron chi connectivity index (χ3n) is 3.14. The zero-order valence-corrected chi connectivity index (χ0v) is 10.7. The highest BCUT2D eigenvalue weighted by atomic mass is 19.4. The van der Waals surface area contributed by atoms with Crippen molar-refractivity contribution < 1.29 is 13.2 Å². The number of nitrogen functional groups attached to an aromatic ring is 1. The maximum Gasteiger partial charge on any atom is 0.417 e. The first kappa shape index (κ1) is 14.2. The van der Waals surface area contributed by atoms with Gasteiger partial charge in [0.1, 0.15) is 0 Å². The minimum atomic E-state index is -4.47. The molecule has 1 aromatic carbocycles. The van der Waals surface area contributed by atoms with Gasteiger partial charge < -0.3 is 10.3 Å². The molecule has 0 saturated heterocycles. The van der Waals surface area contributed by atoms with Crippen LogP contribution >= 0.6 is 0 Å². The summed E-state index contributed by atoms with van der Waals surface area (Å²) < 4.78 is 39.0. The molecule has 0 unspecified atom stereocenters. The van der Waals surface area contributed by atoms with Crippen LogP contribution in [-0.4, -0.2) is 4.57 Å². The van der Waals surface area contributed by atoms with Gasteiger partial charge in [0.15, 0.2) is 0 Å². The first-order valence-corrected chi connectivity index (χ1v) is 5.90. The van der Waals surface area contributed by atoms with E-state index in [1.54, 1.807) is 25.1 Å². The summed E-state index contributed by atoms with van der Waals surface area (Å²) in [6, 6.07) is 6.85. The topological polar surface area (TPSA) is 48.0 Å². The Balaban J connectivity index is 2.43. The Morgan fingerprint density at radius 3 is 2.55 bits per heavy atom. The Bertz CT molecular complexity index is 690. The summed E-state index contributed by atoms with van der Waals surface area (Å²) in [7, 11) is 0. The molecule has 0 spiro atoms. The van der Waals surface area contributed by atoms with Crippen LogP contribution in [0.5, 0.6) is 0 Å². The monoisotopic (exact) mass is 282 g/mol. The van der Waals surface area contributed by atoms with Crippen molar-refractivity contribution in [3.05, 3.63) is 63.6 Å². The van der Waals surface area contributed by atoms with Gasteiger partial charge in [-0.05, 0) is 30.2 Å². The van der Waals surface area contributed by atoms with Gasteiger partial charge in [-0.3, -0.25) is 4.79 Å². The zero-order chi connectivity index (χ0) is 14.9. The van der Waals surface area contributed by atoms with Crippen LogP contribution in [0.3, 0.4) is 0 Å². The lowest BCUT2D eigenvalue weighted by atomic mass is 10.1. The molecule has 0 atom stereocenters. The van der Waals surface area contributed by atoms with Crippen LogP contribution in [0, 0.1) is 6.92 Å². The van der Waals surface area contributed by atoms with E-state index in [9.17, 15) is 18.0 Å². The highest BCUT2D eigenvalue weighted by Gasteiger charge is 2.31. The third-order valence-corrected chi connectivity index (χ3v) is 3.14. The highest BCUT2D eigenvalue weighted by Crippen LogP contribution is 2.28. The van der Waals surface area contributed by atoms with Crippen molar-refractivity contribution in [1.82, 2.24) is 4.57 Å². The highest BCUT2D eigenvalue weighted by molar-refractivity contribution is 5.50. The van der Waals surface area contributed by atoms with Gasteiger partial charge in [-0.25, -0.2) is 0 Å². The molecule has 6 heteroatoms. The van der Waals surface area contributed by atoms with Crippen molar-refractivity contribution in [2.45, 2.75) is 19.6 Å². The molecular formula is C14H13F3N2O.